The number of fused-ring (bicyclic) bond motifs is 9. The molecule has 2 heteroatoms. The van der Waals surface area contributed by atoms with Gasteiger partial charge in [-0.3, -0.25) is 0 Å². The predicted octanol–water partition coefficient (Wildman–Crippen LogP) is 12.5. The van der Waals surface area contributed by atoms with Gasteiger partial charge in [-0.1, -0.05) is 103 Å². The molecular formula is C46H34O2. The SMILES string of the molecule is c1ccc2c(c1)-c1c(-c3ccc4oc5c(-c6cccc7c6oc6ccccc67)cccc5c4c3)cccc1C21C2CC3CC(C2)CC1C3. The van der Waals surface area contributed by atoms with Crippen LogP contribution in [0.5, 0.6) is 0 Å². The van der Waals surface area contributed by atoms with Crippen molar-refractivity contribution in [1.82, 2.24) is 0 Å². The Hall–Kier alpha value is -5.08. The first-order chi connectivity index (χ1) is 23.8. The fourth-order valence-corrected chi connectivity index (χ4v) is 11.6. The third kappa shape index (κ3) is 3.15. The standard InChI is InChI=1S/C46H34O2/c1-3-15-39-37(9-1)43-31(10-7-16-40(43)46(39)29-21-26-20-27(23-29)24-30(46)22-26)28-18-19-42-38(25-28)36-14-6-13-35(45(36)48-42)34-12-5-11-33-32-8-2-4-17-41(32)47-44(33)34/h1-19,25-27,29-30H,20-24H2. The van der Waals surface area contributed by atoms with Crippen molar-refractivity contribution in [3.05, 3.63) is 132 Å². The monoisotopic (exact) mass is 618 g/mol. The molecule has 0 atom stereocenters. The van der Waals surface area contributed by atoms with Gasteiger partial charge in [0.15, 0.2) is 0 Å². The Kier molecular flexibility index (Phi) is 4.91. The fraction of sp³-hybridized carbons (Fsp3) is 0.217. The molecule has 0 aliphatic heterocycles. The predicted molar refractivity (Wildman–Crippen MR) is 195 cm³/mol. The van der Waals surface area contributed by atoms with E-state index in [4.69, 9.17) is 8.83 Å². The minimum Gasteiger partial charge on any atom is -0.455 e. The summed E-state index contributed by atoms with van der Waals surface area (Å²) in [6.45, 7) is 0. The van der Waals surface area contributed by atoms with E-state index in [1.807, 2.05) is 12.1 Å². The summed E-state index contributed by atoms with van der Waals surface area (Å²) in [5.74, 6) is 3.42. The molecule has 0 radical (unpaired) electrons. The first kappa shape index (κ1) is 25.9. The third-order valence-corrected chi connectivity index (χ3v) is 13.1. The normalized spacial score (nSPS) is 25.2. The Morgan fingerprint density at radius 2 is 1.00 bits per heavy atom. The van der Waals surface area contributed by atoms with Crippen molar-refractivity contribution < 1.29 is 8.83 Å². The molecule has 48 heavy (non-hydrogen) atoms. The van der Waals surface area contributed by atoms with Crippen molar-refractivity contribution in [3.63, 3.8) is 0 Å². The first-order valence-corrected chi connectivity index (χ1v) is 17.9. The lowest BCUT2D eigenvalue weighted by Gasteiger charge is -2.61. The second-order valence-electron chi connectivity index (χ2n) is 15.2. The van der Waals surface area contributed by atoms with Crippen LogP contribution in [0.4, 0.5) is 0 Å². The molecule has 2 nitrogen and oxygen atoms in total. The van der Waals surface area contributed by atoms with Crippen LogP contribution in [-0.2, 0) is 5.41 Å². The van der Waals surface area contributed by atoms with Crippen LogP contribution in [0.25, 0.3) is 77.3 Å². The Morgan fingerprint density at radius 1 is 0.438 bits per heavy atom. The van der Waals surface area contributed by atoms with E-state index in [0.717, 1.165) is 78.7 Å². The minimum absolute atomic E-state index is 0.175. The van der Waals surface area contributed by atoms with Crippen LogP contribution in [0.1, 0.15) is 43.2 Å². The Balaban J connectivity index is 1.06. The number of rotatable bonds is 2. The van der Waals surface area contributed by atoms with Crippen molar-refractivity contribution >= 4 is 43.9 Å². The number of benzene rings is 6. The van der Waals surface area contributed by atoms with Crippen molar-refractivity contribution in [2.75, 3.05) is 0 Å². The summed E-state index contributed by atoms with van der Waals surface area (Å²) in [5, 5.41) is 4.58. The molecule has 2 aromatic heterocycles. The van der Waals surface area contributed by atoms with Gasteiger partial charge in [-0.05, 0) is 107 Å². The lowest BCUT2D eigenvalue weighted by molar-refractivity contribution is -0.0399. The van der Waals surface area contributed by atoms with Gasteiger partial charge in [0.2, 0.25) is 0 Å². The van der Waals surface area contributed by atoms with Crippen molar-refractivity contribution in [1.29, 1.82) is 0 Å². The summed E-state index contributed by atoms with van der Waals surface area (Å²) >= 11 is 0. The van der Waals surface area contributed by atoms with E-state index in [-0.39, 0.29) is 5.41 Å². The summed E-state index contributed by atoms with van der Waals surface area (Å²) in [5.41, 5.74) is 14.7. The lowest BCUT2D eigenvalue weighted by atomic mass is 9.43. The molecule has 0 N–H and O–H groups in total. The van der Waals surface area contributed by atoms with Crippen LogP contribution < -0.4 is 0 Å². The second-order valence-corrected chi connectivity index (χ2v) is 15.2. The first-order valence-electron chi connectivity index (χ1n) is 17.9. The zero-order valence-corrected chi connectivity index (χ0v) is 26.7. The molecule has 230 valence electrons. The molecule has 4 saturated carbocycles. The van der Waals surface area contributed by atoms with Crippen LogP contribution in [0.2, 0.25) is 0 Å². The summed E-state index contributed by atoms with van der Waals surface area (Å²) in [7, 11) is 0. The highest BCUT2D eigenvalue weighted by Crippen LogP contribution is 2.70. The summed E-state index contributed by atoms with van der Waals surface area (Å²) in [4.78, 5) is 0. The Labute approximate surface area is 279 Å². The number of para-hydroxylation sites is 3. The zero-order valence-electron chi connectivity index (χ0n) is 26.7. The molecule has 8 aromatic rings. The molecular weight excluding hydrogens is 585 g/mol. The van der Waals surface area contributed by atoms with Crippen LogP contribution in [0.15, 0.2) is 130 Å². The summed E-state index contributed by atoms with van der Waals surface area (Å²) < 4.78 is 13.2. The van der Waals surface area contributed by atoms with Gasteiger partial charge in [-0.25, -0.2) is 0 Å². The Bertz CT molecular complexity index is 2620. The van der Waals surface area contributed by atoms with E-state index in [9.17, 15) is 0 Å². The molecule has 5 aliphatic rings. The van der Waals surface area contributed by atoms with E-state index in [2.05, 4.69) is 109 Å². The molecule has 0 unspecified atom stereocenters. The third-order valence-electron chi connectivity index (χ3n) is 13.1. The van der Waals surface area contributed by atoms with E-state index in [1.54, 1.807) is 11.1 Å². The quantitative estimate of drug-likeness (QED) is 0.193. The van der Waals surface area contributed by atoms with E-state index < -0.39 is 0 Å². The minimum atomic E-state index is 0.175. The number of hydrogen-bond donors (Lipinski definition) is 0. The van der Waals surface area contributed by atoms with Gasteiger partial charge < -0.3 is 8.83 Å². The second kappa shape index (κ2) is 9.08. The van der Waals surface area contributed by atoms with Gasteiger partial charge in [0, 0.05) is 38.1 Å². The van der Waals surface area contributed by atoms with Crippen molar-refractivity contribution in [2.45, 2.75) is 37.5 Å². The molecule has 2 heterocycles. The summed E-state index contributed by atoms with van der Waals surface area (Å²) in [6, 6.07) is 44.8. The highest BCUT2D eigenvalue weighted by Gasteiger charge is 2.61. The maximum atomic E-state index is 6.71. The lowest BCUT2D eigenvalue weighted by Crippen LogP contribution is -2.55. The maximum Gasteiger partial charge on any atom is 0.143 e. The highest BCUT2D eigenvalue weighted by atomic mass is 16.3. The molecule has 0 saturated heterocycles. The van der Waals surface area contributed by atoms with Gasteiger partial charge in [0.05, 0.1) is 0 Å². The highest BCUT2D eigenvalue weighted by molar-refractivity contribution is 6.15. The van der Waals surface area contributed by atoms with Gasteiger partial charge in [0.25, 0.3) is 0 Å². The van der Waals surface area contributed by atoms with Crippen LogP contribution in [0, 0.1) is 23.7 Å². The molecule has 1 spiro atoms. The van der Waals surface area contributed by atoms with Gasteiger partial charge >= 0.3 is 0 Å². The zero-order chi connectivity index (χ0) is 31.1. The average molecular weight is 619 g/mol. The summed E-state index contributed by atoms with van der Waals surface area (Å²) in [6.07, 6.45) is 7.10. The molecule has 5 aliphatic carbocycles. The topological polar surface area (TPSA) is 26.3 Å². The van der Waals surface area contributed by atoms with Gasteiger partial charge in [-0.2, -0.15) is 0 Å². The number of hydrogen-bond acceptors (Lipinski definition) is 2. The average Bonchev–Trinajstić information content (AvgIpc) is 3.79. The van der Waals surface area contributed by atoms with Crippen LogP contribution in [-0.4, -0.2) is 0 Å². The van der Waals surface area contributed by atoms with E-state index in [0.29, 0.717) is 0 Å². The number of furan rings is 2. The smallest absolute Gasteiger partial charge is 0.143 e. The van der Waals surface area contributed by atoms with Crippen LogP contribution in [0.3, 0.4) is 0 Å². The molecule has 4 fully saturated rings. The van der Waals surface area contributed by atoms with E-state index >= 15 is 0 Å². The molecule has 0 amide bonds. The van der Waals surface area contributed by atoms with E-state index in [1.165, 1.54) is 54.4 Å². The van der Waals surface area contributed by atoms with Crippen molar-refractivity contribution in [3.8, 4) is 33.4 Å². The molecule has 4 bridgehead atoms. The van der Waals surface area contributed by atoms with Gasteiger partial charge in [0.1, 0.15) is 22.3 Å². The van der Waals surface area contributed by atoms with Gasteiger partial charge in [-0.15, -0.1) is 0 Å². The maximum absolute atomic E-state index is 6.71. The largest absolute Gasteiger partial charge is 0.455 e. The van der Waals surface area contributed by atoms with Crippen molar-refractivity contribution in [2.24, 2.45) is 23.7 Å². The molecule has 6 aromatic carbocycles. The van der Waals surface area contributed by atoms with Crippen LogP contribution >= 0.6 is 0 Å². The Morgan fingerprint density at radius 3 is 1.77 bits per heavy atom. The fourth-order valence-electron chi connectivity index (χ4n) is 11.6. The molecule has 13 rings (SSSR count).